The van der Waals surface area contributed by atoms with Crippen LogP contribution in [0, 0.1) is 5.92 Å². The monoisotopic (exact) mass is 300 g/mol. The second kappa shape index (κ2) is 6.32. The fourth-order valence-electron chi connectivity index (χ4n) is 4.28. The molecule has 0 aromatic rings. The minimum Gasteiger partial charge on any atom is -0.314 e. The zero-order valence-corrected chi connectivity index (χ0v) is 13.1. The first-order valence-corrected chi connectivity index (χ1v) is 10.2. The predicted octanol–water partition coefficient (Wildman–Crippen LogP) is 1.46. The van der Waals surface area contributed by atoms with Crippen molar-refractivity contribution in [3.05, 3.63) is 0 Å². The Morgan fingerprint density at radius 2 is 1.70 bits per heavy atom. The van der Waals surface area contributed by atoms with Gasteiger partial charge in [0.1, 0.15) is 9.84 Å². The van der Waals surface area contributed by atoms with Gasteiger partial charge in [-0.3, -0.25) is 0 Å². The molecule has 3 aliphatic rings. The van der Waals surface area contributed by atoms with Gasteiger partial charge in [-0.2, -0.15) is 0 Å². The molecule has 3 rings (SSSR count). The summed E-state index contributed by atoms with van der Waals surface area (Å²) in [6.45, 7) is 1.18. The van der Waals surface area contributed by atoms with Crippen LogP contribution in [0.15, 0.2) is 0 Å². The molecule has 2 heterocycles. The third-order valence-corrected chi connectivity index (χ3v) is 7.15. The van der Waals surface area contributed by atoms with E-state index in [9.17, 15) is 8.42 Å². The van der Waals surface area contributed by atoms with Gasteiger partial charge in [-0.25, -0.2) is 8.42 Å². The molecule has 1 saturated carbocycles. The van der Waals surface area contributed by atoms with Crippen molar-refractivity contribution in [3.63, 3.8) is 0 Å². The van der Waals surface area contributed by atoms with E-state index < -0.39 is 9.84 Å². The van der Waals surface area contributed by atoms with Crippen molar-refractivity contribution in [2.45, 2.75) is 69.5 Å². The highest BCUT2D eigenvalue weighted by atomic mass is 32.2. The first-order chi connectivity index (χ1) is 9.64. The van der Waals surface area contributed by atoms with Gasteiger partial charge in [0, 0.05) is 18.1 Å². The molecule has 3 atom stereocenters. The number of sulfone groups is 1. The van der Waals surface area contributed by atoms with Gasteiger partial charge in [-0.1, -0.05) is 12.8 Å². The van der Waals surface area contributed by atoms with Crippen molar-refractivity contribution in [1.82, 2.24) is 10.6 Å². The summed E-state index contributed by atoms with van der Waals surface area (Å²) in [5, 5.41) is 7.50. The summed E-state index contributed by atoms with van der Waals surface area (Å²) in [4.78, 5) is 0. The maximum Gasteiger partial charge on any atom is 0.150 e. The van der Waals surface area contributed by atoms with Crippen LogP contribution in [0.3, 0.4) is 0 Å². The zero-order chi connectivity index (χ0) is 14.0. The van der Waals surface area contributed by atoms with Gasteiger partial charge in [0.05, 0.1) is 11.5 Å². The summed E-state index contributed by atoms with van der Waals surface area (Å²) < 4.78 is 23.0. The smallest absolute Gasteiger partial charge is 0.150 e. The van der Waals surface area contributed by atoms with Gasteiger partial charge < -0.3 is 10.6 Å². The molecule has 0 radical (unpaired) electrons. The molecule has 2 N–H and O–H groups in total. The summed E-state index contributed by atoms with van der Waals surface area (Å²) in [7, 11) is -2.74. The van der Waals surface area contributed by atoms with Crippen LogP contribution in [0.5, 0.6) is 0 Å². The van der Waals surface area contributed by atoms with E-state index in [2.05, 4.69) is 10.6 Å². The average molecular weight is 300 g/mol. The normalized spacial score (nSPS) is 38.9. The fraction of sp³-hybridized carbons (Fsp3) is 1.00. The first kappa shape index (κ1) is 14.8. The minimum atomic E-state index is -2.74. The molecule has 2 aliphatic heterocycles. The number of rotatable bonds is 3. The second-order valence-electron chi connectivity index (χ2n) is 6.85. The standard InChI is InChI=1S/C15H28N2O2S/c18-20(19)10-7-12(8-11-20)17-15-6-3-4-13(15)14-5-1-2-9-16-14/h12-17H,1-11H2. The highest BCUT2D eigenvalue weighted by molar-refractivity contribution is 7.91. The molecule has 116 valence electrons. The van der Waals surface area contributed by atoms with Crippen molar-refractivity contribution in [2.24, 2.45) is 5.92 Å². The van der Waals surface area contributed by atoms with Crippen molar-refractivity contribution in [3.8, 4) is 0 Å². The van der Waals surface area contributed by atoms with Crippen LogP contribution in [0.4, 0.5) is 0 Å². The highest BCUT2D eigenvalue weighted by Gasteiger charge is 2.36. The fourth-order valence-corrected chi connectivity index (χ4v) is 5.77. The minimum absolute atomic E-state index is 0.379. The Hall–Kier alpha value is -0.130. The quantitative estimate of drug-likeness (QED) is 0.828. The Labute approximate surface area is 123 Å². The molecule has 0 bridgehead atoms. The molecule has 0 aromatic carbocycles. The van der Waals surface area contributed by atoms with Gasteiger partial charge in [0.25, 0.3) is 0 Å². The molecule has 20 heavy (non-hydrogen) atoms. The summed E-state index contributed by atoms with van der Waals surface area (Å²) in [6.07, 6.45) is 9.55. The van der Waals surface area contributed by atoms with Crippen molar-refractivity contribution >= 4 is 9.84 Å². The van der Waals surface area contributed by atoms with Crippen LogP contribution >= 0.6 is 0 Å². The molecule has 0 spiro atoms. The third kappa shape index (κ3) is 3.55. The van der Waals surface area contributed by atoms with E-state index in [4.69, 9.17) is 0 Å². The summed E-state index contributed by atoms with van der Waals surface area (Å²) in [5.74, 6) is 1.52. The average Bonchev–Trinajstić information content (AvgIpc) is 2.90. The Morgan fingerprint density at radius 1 is 0.900 bits per heavy atom. The maximum absolute atomic E-state index is 11.5. The second-order valence-corrected chi connectivity index (χ2v) is 9.15. The van der Waals surface area contributed by atoms with E-state index in [-0.39, 0.29) is 0 Å². The van der Waals surface area contributed by atoms with E-state index in [0.29, 0.717) is 29.6 Å². The molecule has 2 saturated heterocycles. The first-order valence-electron chi connectivity index (χ1n) is 8.34. The summed E-state index contributed by atoms with van der Waals surface area (Å²) >= 11 is 0. The zero-order valence-electron chi connectivity index (χ0n) is 12.3. The molecule has 1 aliphatic carbocycles. The lowest BCUT2D eigenvalue weighted by Crippen LogP contribution is -2.50. The Bertz CT molecular complexity index is 404. The Morgan fingerprint density at radius 3 is 2.40 bits per heavy atom. The van der Waals surface area contributed by atoms with Crippen LogP contribution in [0.2, 0.25) is 0 Å². The van der Waals surface area contributed by atoms with Crippen LogP contribution in [0.1, 0.15) is 51.4 Å². The van der Waals surface area contributed by atoms with Crippen LogP contribution in [0.25, 0.3) is 0 Å². The number of piperidine rings is 1. The molecular formula is C15H28N2O2S. The van der Waals surface area contributed by atoms with E-state index in [1.807, 2.05) is 0 Å². The third-order valence-electron chi connectivity index (χ3n) is 5.44. The lowest BCUT2D eigenvalue weighted by atomic mass is 9.88. The van der Waals surface area contributed by atoms with Crippen molar-refractivity contribution in [2.75, 3.05) is 18.1 Å². The van der Waals surface area contributed by atoms with E-state index in [1.165, 1.54) is 45.1 Å². The molecule has 4 nitrogen and oxygen atoms in total. The van der Waals surface area contributed by atoms with Crippen molar-refractivity contribution < 1.29 is 8.42 Å². The number of hydrogen-bond acceptors (Lipinski definition) is 4. The molecule has 3 unspecified atom stereocenters. The summed E-state index contributed by atoms with van der Waals surface area (Å²) in [6, 6.07) is 1.72. The molecule has 0 aromatic heterocycles. The van der Waals surface area contributed by atoms with Crippen molar-refractivity contribution in [1.29, 1.82) is 0 Å². The van der Waals surface area contributed by atoms with E-state index >= 15 is 0 Å². The van der Waals surface area contributed by atoms with Gasteiger partial charge in [0.2, 0.25) is 0 Å². The van der Waals surface area contributed by atoms with Gasteiger partial charge in [-0.15, -0.1) is 0 Å². The van der Waals surface area contributed by atoms with E-state index in [1.54, 1.807) is 0 Å². The maximum atomic E-state index is 11.5. The topological polar surface area (TPSA) is 58.2 Å². The van der Waals surface area contributed by atoms with Crippen LogP contribution < -0.4 is 10.6 Å². The SMILES string of the molecule is O=S1(=O)CCC(NC2CCCC2C2CCCCN2)CC1. The molecule has 3 fully saturated rings. The van der Waals surface area contributed by atoms with Crippen LogP contribution in [-0.4, -0.2) is 44.6 Å². The lowest BCUT2D eigenvalue weighted by molar-refractivity contribution is 0.242. The Kier molecular flexibility index (Phi) is 4.68. The Balaban J connectivity index is 1.53. The van der Waals surface area contributed by atoms with Gasteiger partial charge in [-0.05, 0) is 51.0 Å². The predicted molar refractivity (Wildman–Crippen MR) is 81.6 cm³/mol. The molecule has 0 amide bonds. The highest BCUT2D eigenvalue weighted by Crippen LogP contribution is 2.32. The van der Waals surface area contributed by atoms with E-state index in [0.717, 1.165) is 18.8 Å². The van der Waals surface area contributed by atoms with Gasteiger partial charge >= 0.3 is 0 Å². The number of hydrogen-bond donors (Lipinski definition) is 2. The number of nitrogens with one attached hydrogen (secondary N) is 2. The molecular weight excluding hydrogens is 272 g/mol. The van der Waals surface area contributed by atoms with Crippen LogP contribution in [-0.2, 0) is 9.84 Å². The molecule has 5 heteroatoms. The summed E-state index contributed by atoms with van der Waals surface area (Å²) in [5.41, 5.74) is 0. The lowest BCUT2D eigenvalue weighted by Gasteiger charge is -2.35. The largest absolute Gasteiger partial charge is 0.314 e. The van der Waals surface area contributed by atoms with Gasteiger partial charge in [0.15, 0.2) is 0 Å².